The number of halogens is 1. The topological polar surface area (TPSA) is 101 Å². The molecule has 0 bridgehead atoms. The van der Waals surface area contributed by atoms with Crippen molar-refractivity contribution in [3.63, 3.8) is 0 Å². The van der Waals surface area contributed by atoms with Gasteiger partial charge in [-0.15, -0.1) is 0 Å². The van der Waals surface area contributed by atoms with Gasteiger partial charge in [-0.25, -0.2) is 4.39 Å². The summed E-state index contributed by atoms with van der Waals surface area (Å²) in [4.78, 5) is 37.2. The molecule has 6 nitrogen and oxygen atoms in total. The van der Waals surface area contributed by atoms with Gasteiger partial charge in [0, 0.05) is 23.2 Å². The molecular formula is C27H37FO6. The van der Waals surface area contributed by atoms with Crippen LogP contribution in [-0.4, -0.2) is 51.7 Å². The van der Waals surface area contributed by atoms with Gasteiger partial charge in [-0.05, 0) is 63.0 Å². The van der Waals surface area contributed by atoms with Crippen LogP contribution in [0.25, 0.3) is 0 Å². The Balaban J connectivity index is 1.65. The highest BCUT2D eigenvalue weighted by atomic mass is 19.1. The molecule has 0 amide bonds. The van der Waals surface area contributed by atoms with E-state index in [1.807, 2.05) is 6.92 Å². The van der Waals surface area contributed by atoms with Crippen LogP contribution in [0.5, 0.6) is 0 Å². The standard InChI is InChI=1S/C27H37FO6/c1-5-6-7-23(32)34-15-22(31)27(33)16(2)12-20-19-9-8-17-13-18(29)10-11-24(17,3)26(19,28)21(30)14-25(20,27)4/h10-11,13,16,19-21,30,33H,5-9,12,14-15H2,1-4H3/t16-,19+,20+,21+,24+,25+,26+,27+/m1/s1. The Kier molecular flexibility index (Phi) is 6.21. The summed E-state index contributed by atoms with van der Waals surface area (Å²) in [5.74, 6) is -2.64. The Morgan fingerprint density at radius 1 is 1.26 bits per heavy atom. The molecule has 7 heteroatoms. The van der Waals surface area contributed by atoms with E-state index in [2.05, 4.69) is 0 Å². The first-order valence-corrected chi connectivity index (χ1v) is 12.6. The number of aliphatic hydroxyl groups is 2. The molecular weight excluding hydrogens is 439 g/mol. The summed E-state index contributed by atoms with van der Waals surface area (Å²) in [6.07, 6.45) is 6.03. The van der Waals surface area contributed by atoms with E-state index in [4.69, 9.17) is 4.74 Å². The van der Waals surface area contributed by atoms with Crippen LogP contribution in [0.3, 0.4) is 0 Å². The fraction of sp³-hybridized carbons (Fsp3) is 0.741. The van der Waals surface area contributed by atoms with Gasteiger partial charge < -0.3 is 14.9 Å². The molecule has 0 unspecified atom stereocenters. The lowest BCUT2D eigenvalue weighted by Crippen LogP contribution is -2.69. The largest absolute Gasteiger partial charge is 0.458 e. The summed E-state index contributed by atoms with van der Waals surface area (Å²) < 4.78 is 22.3. The van der Waals surface area contributed by atoms with Crippen molar-refractivity contribution in [1.82, 2.24) is 0 Å². The molecule has 0 aromatic heterocycles. The molecule has 4 rings (SSSR count). The maximum atomic E-state index is 17.1. The van der Waals surface area contributed by atoms with Crippen molar-refractivity contribution in [3.8, 4) is 0 Å². The van der Waals surface area contributed by atoms with E-state index in [0.29, 0.717) is 31.3 Å². The highest BCUT2D eigenvalue weighted by molar-refractivity contribution is 6.01. The number of carbonyl (C=O) groups is 3. The van der Waals surface area contributed by atoms with Crippen LogP contribution in [0.4, 0.5) is 4.39 Å². The van der Waals surface area contributed by atoms with E-state index in [1.165, 1.54) is 12.2 Å². The molecule has 4 aliphatic carbocycles. The summed E-state index contributed by atoms with van der Waals surface area (Å²) in [5, 5.41) is 23.2. The van der Waals surface area contributed by atoms with Gasteiger partial charge >= 0.3 is 5.97 Å². The summed E-state index contributed by atoms with van der Waals surface area (Å²) in [5.41, 5.74) is -5.34. The lowest BCUT2D eigenvalue weighted by Gasteiger charge is -2.62. The highest BCUT2D eigenvalue weighted by Gasteiger charge is 2.75. The van der Waals surface area contributed by atoms with Crippen molar-refractivity contribution in [1.29, 1.82) is 0 Å². The van der Waals surface area contributed by atoms with Crippen molar-refractivity contribution < 1.29 is 33.7 Å². The zero-order valence-corrected chi connectivity index (χ0v) is 20.6. The molecule has 0 aromatic rings. The van der Waals surface area contributed by atoms with Gasteiger partial charge in [0.15, 0.2) is 18.1 Å². The average Bonchev–Trinajstić information content (AvgIpc) is 2.99. The molecule has 188 valence electrons. The Morgan fingerprint density at radius 2 is 1.97 bits per heavy atom. The molecule has 0 aliphatic heterocycles. The van der Waals surface area contributed by atoms with Crippen LogP contribution in [0.1, 0.15) is 72.6 Å². The second-order valence-electron chi connectivity index (χ2n) is 11.4. The van der Waals surface area contributed by atoms with Gasteiger partial charge in [-0.1, -0.05) is 38.8 Å². The fourth-order valence-corrected chi connectivity index (χ4v) is 7.79. The lowest BCUT2D eigenvalue weighted by molar-refractivity contribution is -0.220. The van der Waals surface area contributed by atoms with Gasteiger partial charge in [0.05, 0.1) is 6.10 Å². The number of aliphatic hydroxyl groups excluding tert-OH is 1. The highest BCUT2D eigenvalue weighted by Crippen LogP contribution is 2.70. The van der Waals surface area contributed by atoms with E-state index in [-0.39, 0.29) is 24.5 Å². The molecule has 34 heavy (non-hydrogen) atoms. The number of carbonyl (C=O) groups excluding carboxylic acids is 3. The number of hydrogen-bond acceptors (Lipinski definition) is 6. The number of allylic oxidation sites excluding steroid dienone is 4. The normalized spacial score (nSPS) is 45.1. The third kappa shape index (κ3) is 3.22. The number of Topliss-reactive ketones (excluding diaryl/α,β-unsaturated/α-hetero) is 1. The van der Waals surface area contributed by atoms with Crippen LogP contribution in [-0.2, 0) is 19.1 Å². The van der Waals surface area contributed by atoms with E-state index < -0.39 is 58.4 Å². The van der Waals surface area contributed by atoms with Crippen LogP contribution in [0.15, 0.2) is 23.8 Å². The maximum absolute atomic E-state index is 17.1. The number of ether oxygens (including phenoxy) is 1. The first-order chi connectivity index (χ1) is 15.9. The zero-order chi connectivity index (χ0) is 25.1. The van der Waals surface area contributed by atoms with E-state index in [1.54, 1.807) is 26.8 Å². The van der Waals surface area contributed by atoms with Gasteiger partial charge in [-0.3, -0.25) is 14.4 Å². The van der Waals surface area contributed by atoms with Gasteiger partial charge in [0.25, 0.3) is 0 Å². The zero-order valence-electron chi connectivity index (χ0n) is 20.6. The molecule has 0 aromatic carbocycles. The molecule has 4 aliphatic rings. The lowest BCUT2D eigenvalue weighted by atomic mass is 9.44. The summed E-state index contributed by atoms with van der Waals surface area (Å²) in [7, 11) is 0. The molecule has 0 radical (unpaired) electrons. The third-order valence-electron chi connectivity index (χ3n) is 9.75. The maximum Gasteiger partial charge on any atom is 0.306 e. The van der Waals surface area contributed by atoms with E-state index in [0.717, 1.165) is 6.42 Å². The summed E-state index contributed by atoms with van der Waals surface area (Å²) >= 11 is 0. The SMILES string of the molecule is CCCCC(=O)OCC(=O)[C@@]1(O)[C@H](C)C[C@H]2[C@@H]3CCC4=CC(=O)C=C[C@]4(C)[C@@]3(F)[C@@H](O)C[C@@]21C. The van der Waals surface area contributed by atoms with Crippen molar-refractivity contribution >= 4 is 17.5 Å². The minimum atomic E-state index is -2.01. The number of alkyl halides is 1. The van der Waals surface area contributed by atoms with Gasteiger partial charge in [0.2, 0.25) is 5.78 Å². The third-order valence-corrected chi connectivity index (χ3v) is 9.75. The number of ketones is 2. The quantitative estimate of drug-likeness (QED) is 0.568. The fourth-order valence-electron chi connectivity index (χ4n) is 7.79. The predicted molar refractivity (Wildman–Crippen MR) is 123 cm³/mol. The minimum Gasteiger partial charge on any atom is -0.458 e. The summed E-state index contributed by atoms with van der Waals surface area (Å²) in [6, 6.07) is 0. The van der Waals surface area contributed by atoms with E-state index in [9.17, 15) is 24.6 Å². The molecule has 0 saturated heterocycles. The number of esters is 1. The number of unbranched alkanes of at least 4 members (excludes halogenated alkanes) is 1. The van der Waals surface area contributed by atoms with Crippen LogP contribution >= 0.6 is 0 Å². The Bertz CT molecular complexity index is 957. The first kappa shape index (κ1) is 25.2. The number of hydrogen-bond donors (Lipinski definition) is 2. The monoisotopic (exact) mass is 476 g/mol. The van der Waals surface area contributed by atoms with Crippen molar-refractivity contribution in [2.24, 2.45) is 28.6 Å². The minimum absolute atomic E-state index is 0.0916. The predicted octanol–water partition coefficient (Wildman–Crippen LogP) is 3.64. The van der Waals surface area contributed by atoms with Crippen molar-refractivity contribution in [2.75, 3.05) is 6.61 Å². The van der Waals surface area contributed by atoms with Gasteiger partial charge in [-0.2, -0.15) is 0 Å². The molecule has 0 spiro atoms. The van der Waals surface area contributed by atoms with E-state index >= 15 is 4.39 Å². The second-order valence-corrected chi connectivity index (χ2v) is 11.4. The smallest absolute Gasteiger partial charge is 0.306 e. The van der Waals surface area contributed by atoms with Crippen LogP contribution in [0, 0.1) is 28.6 Å². The Morgan fingerprint density at radius 3 is 2.65 bits per heavy atom. The van der Waals surface area contributed by atoms with Crippen LogP contribution in [0.2, 0.25) is 0 Å². The molecule has 3 fully saturated rings. The second kappa shape index (κ2) is 8.37. The average molecular weight is 477 g/mol. The molecule has 0 heterocycles. The Hall–Kier alpha value is -1.86. The van der Waals surface area contributed by atoms with Gasteiger partial charge in [0.1, 0.15) is 5.60 Å². The number of fused-ring (bicyclic) bond motifs is 5. The molecule has 8 atom stereocenters. The number of rotatable bonds is 6. The molecule has 3 saturated carbocycles. The summed E-state index contributed by atoms with van der Waals surface area (Å²) in [6.45, 7) is 6.72. The molecule has 2 N–H and O–H groups in total. The van der Waals surface area contributed by atoms with Crippen molar-refractivity contribution in [2.45, 2.75) is 90.0 Å². The van der Waals surface area contributed by atoms with Crippen molar-refractivity contribution in [3.05, 3.63) is 23.8 Å². The Labute approximate surface area is 200 Å². The first-order valence-electron chi connectivity index (χ1n) is 12.6. The van der Waals surface area contributed by atoms with Crippen LogP contribution < -0.4 is 0 Å².